The number of halogens is 2. The lowest BCUT2D eigenvalue weighted by Crippen LogP contribution is -2.28. The van der Waals surface area contributed by atoms with Gasteiger partial charge in [0, 0.05) is 29.4 Å². The molecule has 142 valence electrons. The fraction of sp³-hybridized carbons (Fsp3) is 0.300. The van der Waals surface area contributed by atoms with Crippen LogP contribution in [0.2, 0.25) is 10.0 Å². The van der Waals surface area contributed by atoms with Crippen LogP contribution in [0.3, 0.4) is 0 Å². The Labute approximate surface area is 168 Å². The summed E-state index contributed by atoms with van der Waals surface area (Å²) < 4.78 is 5.45. The minimum atomic E-state index is -0.338. The lowest BCUT2D eigenvalue weighted by atomic mass is 10.1. The van der Waals surface area contributed by atoms with Gasteiger partial charge in [0.05, 0.1) is 5.02 Å². The molecule has 1 heterocycles. The largest absolute Gasteiger partial charge is 0.482 e. The van der Waals surface area contributed by atoms with Crippen LogP contribution in [0.1, 0.15) is 28.8 Å². The second kappa shape index (κ2) is 8.63. The number of benzene rings is 2. The minimum Gasteiger partial charge on any atom is -0.482 e. The number of hydrogen-bond donors (Lipinski definition) is 1. The van der Waals surface area contributed by atoms with Crippen LogP contribution in [0.15, 0.2) is 36.4 Å². The third-order valence-electron chi connectivity index (χ3n) is 4.48. The Kier molecular flexibility index (Phi) is 6.24. The highest BCUT2D eigenvalue weighted by molar-refractivity contribution is 6.35. The molecular formula is C20H20Cl2N2O3. The third-order valence-corrected chi connectivity index (χ3v) is 5.01. The van der Waals surface area contributed by atoms with E-state index in [0.29, 0.717) is 27.0 Å². The average Bonchev–Trinajstić information content (AvgIpc) is 3.17. The van der Waals surface area contributed by atoms with Gasteiger partial charge in [-0.15, -0.1) is 0 Å². The zero-order chi connectivity index (χ0) is 19.4. The monoisotopic (exact) mass is 406 g/mol. The zero-order valence-corrected chi connectivity index (χ0v) is 16.4. The Morgan fingerprint density at radius 1 is 1.15 bits per heavy atom. The zero-order valence-electron chi connectivity index (χ0n) is 14.9. The van der Waals surface area contributed by atoms with Crippen molar-refractivity contribution in [1.82, 2.24) is 4.90 Å². The summed E-state index contributed by atoms with van der Waals surface area (Å²) in [6, 6.07) is 10.1. The van der Waals surface area contributed by atoms with E-state index in [2.05, 4.69) is 5.32 Å². The first kappa shape index (κ1) is 19.5. The van der Waals surface area contributed by atoms with Crippen molar-refractivity contribution in [1.29, 1.82) is 0 Å². The highest BCUT2D eigenvalue weighted by Gasteiger charge is 2.22. The van der Waals surface area contributed by atoms with E-state index in [0.717, 1.165) is 31.5 Å². The number of amides is 2. The number of carbonyl (C=O) groups excluding carboxylic acids is 2. The average molecular weight is 407 g/mol. The molecule has 0 aromatic heterocycles. The van der Waals surface area contributed by atoms with Crippen molar-refractivity contribution in [2.24, 2.45) is 0 Å². The Morgan fingerprint density at radius 3 is 2.59 bits per heavy atom. The lowest BCUT2D eigenvalue weighted by molar-refractivity contribution is -0.118. The molecule has 1 N–H and O–H groups in total. The van der Waals surface area contributed by atoms with E-state index in [-0.39, 0.29) is 18.4 Å². The molecule has 0 radical (unpaired) electrons. The maximum absolute atomic E-state index is 12.6. The van der Waals surface area contributed by atoms with E-state index >= 15 is 0 Å². The smallest absolute Gasteiger partial charge is 0.262 e. The first-order valence-electron chi connectivity index (χ1n) is 8.72. The number of anilines is 1. The summed E-state index contributed by atoms with van der Waals surface area (Å²) in [7, 11) is 0. The Hall–Kier alpha value is -2.24. The molecule has 0 spiro atoms. The summed E-state index contributed by atoms with van der Waals surface area (Å²) in [4.78, 5) is 26.7. The second-order valence-electron chi connectivity index (χ2n) is 6.39. The maximum atomic E-state index is 12.6. The first-order chi connectivity index (χ1) is 13.0. The molecule has 1 fully saturated rings. The molecule has 0 saturated carbocycles. The van der Waals surface area contributed by atoms with Crippen LogP contribution in [-0.4, -0.2) is 36.4 Å². The minimum absolute atomic E-state index is 0.00490. The first-order valence-corrected chi connectivity index (χ1v) is 9.48. The van der Waals surface area contributed by atoms with Gasteiger partial charge in [-0.25, -0.2) is 0 Å². The van der Waals surface area contributed by atoms with E-state index in [1.165, 1.54) is 0 Å². The molecule has 0 aliphatic carbocycles. The van der Waals surface area contributed by atoms with Crippen molar-refractivity contribution in [3.05, 3.63) is 57.6 Å². The number of likely N-dealkylation sites (tertiary alicyclic amines) is 1. The summed E-state index contributed by atoms with van der Waals surface area (Å²) in [5.41, 5.74) is 1.94. The van der Waals surface area contributed by atoms with E-state index in [9.17, 15) is 9.59 Å². The molecule has 7 heteroatoms. The molecule has 5 nitrogen and oxygen atoms in total. The van der Waals surface area contributed by atoms with Crippen LogP contribution in [0.5, 0.6) is 5.75 Å². The Morgan fingerprint density at radius 2 is 1.89 bits per heavy atom. The van der Waals surface area contributed by atoms with Crippen molar-refractivity contribution in [2.75, 3.05) is 25.0 Å². The van der Waals surface area contributed by atoms with E-state index < -0.39 is 0 Å². The molecule has 0 atom stereocenters. The normalized spacial score (nSPS) is 13.5. The number of rotatable bonds is 5. The number of nitrogens with one attached hydrogen (secondary N) is 1. The molecule has 2 aromatic rings. The molecular weight excluding hydrogens is 387 g/mol. The van der Waals surface area contributed by atoms with Gasteiger partial charge in [-0.1, -0.05) is 29.3 Å². The molecule has 3 rings (SSSR count). The molecule has 27 heavy (non-hydrogen) atoms. The fourth-order valence-electron chi connectivity index (χ4n) is 3.02. The lowest BCUT2D eigenvalue weighted by Gasteiger charge is -2.18. The molecule has 2 amide bonds. The number of nitrogens with zero attached hydrogens (tertiary/aromatic N) is 1. The van der Waals surface area contributed by atoms with Gasteiger partial charge in [0.2, 0.25) is 0 Å². The molecule has 1 saturated heterocycles. The molecule has 1 aliphatic rings. The molecule has 0 unspecified atom stereocenters. The van der Waals surface area contributed by atoms with Gasteiger partial charge < -0.3 is 15.0 Å². The number of hydrogen-bond acceptors (Lipinski definition) is 3. The SMILES string of the molecule is Cc1c(NC(=O)COc2ccc(Cl)cc2Cl)cccc1C(=O)N1CCCC1. The van der Waals surface area contributed by atoms with Crippen molar-refractivity contribution in [2.45, 2.75) is 19.8 Å². The van der Waals surface area contributed by atoms with Crippen molar-refractivity contribution >= 4 is 40.7 Å². The van der Waals surface area contributed by atoms with Crippen LogP contribution in [0.25, 0.3) is 0 Å². The topological polar surface area (TPSA) is 58.6 Å². The van der Waals surface area contributed by atoms with Crippen molar-refractivity contribution in [3.8, 4) is 5.75 Å². The maximum Gasteiger partial charge on any atom is 0.262 e. The van der Waals surface area contributed by atoms with Gasteiger partial charge in [0.1, 0.15) is 5.75 Å². The highest BCUT2D eigenvalue weighted by atomic mass is 35.5. The summed E-state index contributed by atoms with van der Waals surface area (Å²) in [6.45, 7) is 3.19. The number of carbonyl (C=O) groups is 2. The standard InChI is InChI=1S/C20H20Cl2N2O3/c1-13-15(20(26)24-9-2-3-10-24)5-4-6-17(13)23-19(25)12-27-18-8-7-14(21)11-16(18)22/h4-8,11H,2-3,9-10,12H2,1H3,(H,23,25). The summed E-state index contributed by atoms with van der Waals surface area (Å²) in [6.07, 6.45) is 2.07. The summed E-state index contributed by atoms with van der Waals surface area (Å²) in [5, 5.41) is 3.62. The molecule has 2 aromatic carbocycles. The van der Waals surface area contributed by atoms with Crippen LogP contribution < -0.4 is 10.1 Å². The second-order valence-corrected chi connectivity index (χ2v) is 7.23. The van der Waals surface area contributed by atoms with Crippen molar-refractivity contribution < 1.29 is 14.3 Å². The predicted molar refractivity (Wildman–Crippen MR) is 107 cm³/mol. The van der Waals surface area contributed by atoms with Crippen LogP contribution in [-0.2, 0) is 4.79 Å². The van der Waals surface area contributed by atoms with Crippen LogP contribution in [0, 0.1) is 6.92 Å². The molecule has 0 bridgehead atoms. The fourth-order valence-corrected chi connectivity index (χ4v) is 3.48. The van der Waals surface area contributed by atoms with Gasteiger partial charge in [-0.2, -0.15) is 0 Å². The molecule has 1 aliphatic heterocycles. The van der Waals surface area contributed by atoms with Crippen molar-refractivity contribution in [3.63, 3.8) is 0 Å². The predicted octanol–water partition coefficient (Wildman–Crippen LogP) is 4.56. The van der Waals surface area contributed by atoms with Gasteiger partial charge >= 0.3 is 0 Å². The highest BCUT2D eigenvalue weighted by Crippen LogP contribution is 2.27. The van der Waals surface area contributed by atoms with Gasteiger partial charge in [-0.3, -0.25) is 9.59 Å². The van der Waals surface area contributed by atoms with E-state index in [1.807, 2.05) is 11.8 Å². The van der Waals surface area contributed by atoms with Gasteiger partial charge in [0.15, 0.2) is 6.61 Å². The van der Waals surface area contributed by atoms with Crippen LogP contribution >= 0.6 is 23.2 Å². The van der Waals surface area contributed by atoms with Gasteiger partial charge in [-0.05, 0) is 55.7 Å². The summed E-state index contributed by atoms with van der Waals surface area (Å²) >= 11 is 11.9. The quantitative estimate of drug-likeness (QED) is 0.791. The van der Waals surface area contributed by atoms with E-state index in [4.69, 9.17) is 27.9 Å². The number of ether oxygens (including phenoxy) is 1. The van der Waals surface area contributed by atoms with Gasteiger partial charge in [0.25, 0.3) is 11.8 Å². The van der Waals surface area contributed by atoms with Crippen LogP contribution in [0.4, 0.5) is 5.69 Å². The summed E-state index contributed by atoms with van der Waals surface area (Å²) in [5.74, 6) is 0.0473. The Balaban J connectivity index is 1.65. The third kappa shape index (κ3) is 4.73. The van der Waals surface area contributed by atoms with E-state index in [1.54, 1.807) is 36.4 Å². The Bertz CT molecular complexity index is 864.